The predicted octanol–water partition coefficient (Wildman–Crippen LogP) is 1.75. The lowest BCUT2D eigenvalue weighted by Crippen LogP contribution is -2.25. The van der Waals surface area contributed by atoms with Gasteiger partial charge in [-0.2, -0.15) is 0 Å². The van der Waals surface area contributed by atoms with Crippen molar-refractivity contribution in [3.8, 4) is 0 Å². The molecule has 0 aliphatic carbocycles. The van der Waals surface area contributed by atoms with Gasteiger partial charge in [-0.25, -0.2) is 4.79 Å². The standard InChI is InChI=1S/C9H18O3/c1-4-6-7-8(11-3)9(10)12-5-2/h8H,4-7H2,1-3H3. The van der Waals surface area contributed by atoms with Gasteiger partial charge in [-0.05, 0) is 13.3 Å². The van der Waals surface area contributed by atoms with Crippen LogP contribution in [0, 0.1) is 0 Å². The molecule has 0 aliphatic heterocycles. The van der Waals surface area contributed by atoms with Gasteiger partial charge in [0.25, 0.3) is 0 Å². The molecule has 0 radical (unpaired) electrons. The first-order chi connectivity index (χ1) is 5.76. The molecular formula is C9H18O3. The van der Waals surface area contributed by atoms with E-state index in [-0.39, 0.29) is 12.1 Å². The molecule has 0 fully saturated rings. The van der Waals surface area contributed by atoms with Crippen molar-refractivity contribution in [3.63, 3.8) is 0 Å². The molecule has 0 saturated carbocycles. The van der Waals surface area contributed by atoms with Crippen LogP contribution in [0.15, 0.2) is 0 Å². The van der Waals surface area contributed by atoms with Gasteiger partial charge in [0.2, 0.25) is 0 Å². The summed E-state index contributed by atoms with van der Waals surface area (Å²) >= 11 is 0. The minimum atomic E-state index is -0.370. The molecule has 0 N–H and O–H groups in total. The van der Waals surface area contributed by atoms with Gasteiger partial charge in [-0.1, -0.05) is 19.8 Å². The van der Waals surface area contributed by atoms with Crippen LogP contribution in [-0.2, 0) is 14.3 Å². The molecule has 0 aromatic heterocycles. The van der Waals surface area contributed by atoms with Crippen molar-refractivity contribution in [2.75, 3.05) is 13.7 Å². The molecule has 3 heteroatoms. The summed E-state index contributed by atoms with van der Waals surface area (Å²) in [5.74, 6) is -0.242. The zero-order valence-electron chi connectivity index (χ0n) is 8.13. The summed E-state index contributed by atoms with van der Waals surface area (Å²) in [6.07, 6.45) is 2.45. The fraction of sp³-hybridized carbons (Fsp3) is 0.889. The minimum Gasteiger partial charge on any atom is -0.464 e. The number of methoxy groups -OCH3 is 1. The smallest absolute Gasteiger partial charge is 0.335 e. The maximum Gasteiger partial charge on any atom is 0.335 e. The SMILES string of the molecule is CCCCC(OC)C(=O)OCC. The fourth-order valence-electron chi connectivity index (χ4n) is 0.957. The Balaban J connectivity index is 3.71. The van der Waals surface area contributed by atoms with Gasteiger partial charge in [0.05, 0.1) is 6.61 Å². The molecule has 3 nitrogen and oxygen atoms in total. The van der Waals surface area contributed by atoms with Crippen LogP contribution in [0.1, 0.15) is 33.1 Å². The molecule has 0 amide bonds. The van der Waals surface area contributed by atoms with E-state index in [2.05, 4.69) is 6.92 Å². The maximum absolute atomic E-state index is 11.1. The van der Waals surface area contributed by atoms with Crippen molar-refractivity contribution >= 4 is 5.97 Å². The first kappa shape index (κ1) is 11.4. The number of carbonyl (C=O) groups is 1. The molecule has 72 valence electrons. The second kappa shape index (κ2) is 7.10. The Morgan fingerprint density at radius 1 is 1.42 bits per heavy atom. The lowest BCUT2D eigenvalue weighted by atomic mass is 10.1. The van der Waals surface area contributed by atoms with E-state index in [0.29, 0.717) is 6.61 Å². The summed E-state index contributed by atoms with van der Waals surface area (Å²) in [7, 11) is 1.54. The summed E-state index contributed by atoms with van der Waals surface area (Å²) in [6, 6.07) is 0. The fourth-order valence-corrected chi connectivity index (χ4v) is 0.957. The molecule has 0 aromatic carbocycles. The van der Waals surface area contributed by atoms with E-state index in [1.165, 1.54) is 7.11 Å². The summed E-state index contributed by atoms with van der Waals surface area (Å²) in [4.78, 5) is 11.1. The van der Waals surface area contributed by atoms with E-state index in [0.717, 1.165) is 19.3 Å². The minimum absolute atomic E-state index is 0.242. The number of hydrogen-bond donors (Lipinski definition) is 0. The second-order valence-corrected chi connectivity index (χ2v) is 2.62. The first-order valence-electron chi connectivity index (χ1n) is 4.45. The van der Waals surface area contributed by atoms with E-state index in [4.69, 9.17) is 9.47 Å². The molecule has 1 unspecified atom stereocenters. The average molecular weight is 174 g/mol. The number of hydrogen-bond acceptors (Lipinski definition) is 3. The number of esters is 1. The van der Waals surface area contributed by atoms with Gasteiger partial charge in [-0.3, -0.25) is 0 Å². The third-order valence-corrected chi connectivity index (χ3v) is 1.65. The second-order valence-electron chi connectivity index (χ2n) is 2.62. The Hall–Kier alpha value is -0.570. The average Bonchev–Trinajstić information content (AvgIpc) is 2.06. The van der Waals surface area contributed by atoms with Crippen LogP contribution >= 0.6 is 0 Å². The highest BCUT2D eigenvalue weighted by Crippen LogP contribution is 2.05. The Morgan fingerprint density at radius 3 is 2.50 bits per heavy atom. The molecular weight excluding hydrogens is 156 g/mol. The van der Waals surface area contributed by atoms with Gasteiger partial charge in [0.15, 0.2) is 6.10 Å². The molecule has 0 aromatic rings. The van der Waals surface area contributed by atoms with Crippen molar-refractivity contribution in [1.29, 1.82) is 0 Å². The third kappa shape index (κ3) is 4.34. The van der Waals surface area contributed by atoms with Crippen LogP contribution in [0.3, 0.4) is 0 Å². The summed E-state index contributed by atoms with van der Waals surface area (Å²) in [6.45, 7) is 4.30. The maximum atomic E-state index is 11.1. The van der Waals surface area contributed by atoms with Crippen LogP contribution in [-0.4, -0.2) is 25.8 Å². The normalized spacial score (nSPS) is 12.6. The van der Waals surface area contributed by atoms with E-state index < -0.39 is 0 Å². The van der Waals surface area contributed by atoms with Gasteiger partial charge in [0.1, 0.15) is 0 Å². The highest BCUT2D eigenvalue weighted by Gasteiger charge is 2.17. The molecule has 1 atom stereocenters. The topological polar surface area (TPSA) is 35.5 Å². The molecule has 0 heterocycles. The number of carbonyl (C=O) groups excluding carboxylic acids is 1. The molecule has 0 saturated heterocycles. The van der Waals surface area contributed by atoms with E-state index in [9.17, 15) is 4.79 Å². The highest BCUT2D eigenvalue weighted by molar-refractivity contribution is 5.74. The first-order valence-corrected chi connectivity index (χ1v) is 4.45. The lowest BCUT2D eigenvalue weighted by molar-refractivity contribution is -0.155. The van der Waals surface area contributed by atoms with Crippen molar-refractivity contribution in [3.05, 3.63) is 0 Å². The van der Waals surface area contributed by atoms with Gasteiger partial charge in [0, 0.05) is 7.11 Å². The van der Waals surface area contributed by atoms with Crippen molar-refractivity contribution in [2.45, 2.75) is 39.2 Å². The largest absolute Gasteiger partial charge is 0.464 e. The molecule has 0 rings (SSSR count). The van der Waals surface area contributed by atoms with Crippen LogP contribution in [0.4, 0.5) is 0 Å². The van der Waals surface area contributed by atoms with E-state index in [1.807, 2.05) is 0 Å². The quantitative estimate of drug-likeness (QED) is 0.575. The van der Waals surface area contributed by atoms with E-state index >= 15 is 0 Å². The number of ether oxygens (including phenoxy) is 2. The monoisotopic (exact) mass is 174 g/mol. The van der Waals surface area contributed by atoms with Gasteiger partial charge < -0.3 is 9.47 Å². The Kier molecular flexibility index (Phi) is 6.76. The van der Waals surface area contributed by atoms with Crippen LogP contribution in [0.5, 0.6) is 0 Å². The van der Waals surface area contributed by atoms with E-state index in [1.54, 1.807) is 6.92 Å². The highest BCUT2D eigenvalue weighted by atomic mass is 16.6. The van der Waals surface area contributed by atoms with Gasteiger partial charge >= 0.3 is 5.97 Å². The lowest BCUT2D eigenvalue weighted by Gasteiger charge is -2.12. The van der Waals surface area contributed by atoms with Crippen LogP contribution in [0.2, 0.25) is 0 Å². The summed E-state index contributed by atoms with van der Waals surface area (Å²) in [5.41, 5.74) is 0. The van der Waals surface area contributed by atoms with Crippen molar-refractivity contribution < 1.29 is 14.3 Å². The van der Waals surface area contributed by atoms with Crippen LogP contribution in [0.25, 0.3) is 0 Å². The Morgan fingerprint density at radius 2 is 2.08 bits per heavy atom. The summed E-state index contributed by atoms with van der Waals surface area (Å²) in [5, 5.41) is 0. The molecule has 12 heavy (non-hydrogen) atoms. The third-order valence-electron chi connectivity index (χ3n) is 1.65. The zero-order valence-corrected chi connectivity index (χ0v) is 8.13. The zero-order chi connectivity index (χ0) is 9.40. The Bertz CT molecular complexity index is 123. The molecule has 0 bridgehead atoms. The van der Waals surface area contributed by atoms with Gasteiger partial charge in [-0.15, -0.1) is 0 Å². The Labute approximate surface area is 74.0 Å². The van der Waals surface area contributed by atoms with Crippen molar-refractivity contribution in [1.82, 2.24) is 0 Å². The molecule has 0 aliphatic rings. The molecule has 0 spiro atoms. The summed E-state index contributed by atoms with van der Waals surface area (Å²) < 4.78 is 9.82. The van der Waals surface area contributed by atoms with Crippen LogP contribution < -0.4 is 0 Å². The van der Waals surface area contributed by atoms with Crippen molar-refractivity contribution in [2.24, 2.45) is 0 Å². The number of rotatable bonds is 6. The number of unbranched alkanes of at least 4 members (excludes halogenated alkanes) is 1. The predicted molar refractivity (Wildman–Crippen MR) is 47.0 cm³/mol.